The SMILES string of the molecule is CC(=O)c1ccc2nccc(Nc3ccc(COCNc4ccc(Nc5ccncc5)cc4)cc3)c2c1. The van der Waals surface area contributed by atoms with E-state index in [4.69, 9.17) is 4.74 Å². The molecule has 0 radical (unpaired) electrons. The number of hydrogen-bond donors (Lipinski definition) is 3. The molecule has 184 valence electrons. The van der Waals surface area contributed by atoms with Crippen molar-refractivity contribution in [3.63, 3.8) is 0 Å². The summed E-state index contributed by atoms with van der Waals surface area (Å²) >= 11 is 0. The molecule has 2 heterocycles. The number of aromatic nitrogens is 2. The molecule has 3 N–H and O–H groups in total. The van der Waals surface area contributed by atoms with E-state index >= 15 is 0 Å². The van der Waals surface area contributed by atoms with Crippen LogP contribution in [0.25, 0.3) is 10.9 Å². The van der Waals surface area contributed by atoms with Gasteiger partial charge in [-0.25, -0.2) is 0 Å². The van der Waals surface area contributed by atoms with Gasteiger partial charge in [0, 0.05) is 58.0 Å². The highest BCUT2D eigenvalue weighted by Crippen LogP contribution is 2.26. The van der Waals surface area contributed by atoms with E-state index in [1.165, 1.54) is 0 Å². The molecule has 0 atom stereocenters. The first-order chi connectivity index (χ1) is 18.1. The number of anilines is 5. The molecule has 5 aromatic rings. The molecular weight excluding hydrogens is 462 g/mol. The Hall–Kier alpha value is -4.75. The number of nitrogens with one attached hydrogen (secondary N) is 3. The number of fused-ring (bicyclic) bond motifs is 1. The van der Waals surface area contributed by atoms with Crippen molar-refractivity contribution in [2.45, 2.75) is 13.5 Å². The number of carbonyl (C=O) groups is 1. The molecule has 37 heavy (non-hydrogen) atoms. The first-order valence-electron chi connectivity index (χ1n) is 12.0. The van der Waals surface area contributed by atoms with Crippen LogP contribution in [0, 0.1) is 0 Å². The predicted octanol–water partition coefficient (Wildman–Crippen LogP) is 6.91. The molecule has 3 aromatic carbocycles. The van der Waals surface area contributed by atoms with Gasteiger partial charge in [0.2, 0.25) is 0 Å². The van der Waals surface area contributed by atoms with Crippen molar-refractivity contribution in [2.24, 2.45) is 0 Å². The monoisotopic (exact) mass is 489 g/mol. The molecule has 0 fully saturated rings. The topological polar surface area (TPSA) is 88.2 Å². The van der Waals surface area contributed by atoms with Crippen molar-refractivity contribution in [3.8, 4) is 0 Å². The van der Waals surface area contributed by atoms with Crippen LogP contribution in [-0.4, -0.2) is 22.5 Å². The summed E-state index contributed by atoms with van der Waals surface area (Å²) in [5.41, 5.74) is 7.42. The number of benzene rings is 3. The minimum Gasteiger partial charge on any atom is -0.363 e. The summed E-state index contributed by atoms with van der Waals surface area (Å²) in [6.07, 6.45) is 5.28. The maximum absolute atomic E-state index is 11.8. The Labute approximate surface area is 215 Å². The number of nitrogens with zero attached hydrogens (tertiary/aromatic N) is 2. The van der Waals surface area contributed by atoms with Gasteiger partial charge in [0.1, 0.15) is 6.73 Å². The molecular formula is C30H27N5O2. The van der Waals surface area contributed by atoms with Crippen molar-refractivity contribution in [1.82, 2.24) is 9.97 Å². The summed E-state index contributed by atoms with van der Waals surface area (Å²) in [6.45, 7) is 2.47. The fourth-order valence-electron chi connectivity index (χ4n) is 3.89. The summed E-state index contributed by atoms with van der Waals surface area (Å²) < 4.78 is 5.81. The zero-order valence-electron chi connectivity index (χ0n) is 20.4. The van der Waals surface area contributed by atoms with Gasteiger partial charge in [0.25, 0.3) is 0 Å². The lowest BCUT2D eigenvalue weighted by Gasteiger charge is -2.12. The van der Waals surface area contributed by atoms with E-state index in [0.717, 1.165) is 44.9 Å². The standard InChI is InChI=1S/C30H27N5O2/c1-21(36)23-4-11-29-28(18-23)30(14-17-32-29)35-26-5-2-22(3-6-26)19-37-20-33-24-7-9-25(10-8-24)34-27-12-15-31-16-13-27/h2-18,33H,19-20H2,1H3,(H,31,34)(H,32,35). The predicted molar refractivity (Wildman–Crippen MR) is 149 cm³/mol. The third-order valence-corrected chi connectivity index (χ3v) is 5.88. The van der Waals surface area contributed by atoms with Crippen LogP contribution in [0.15, 0.2) is 104 Å². The highest BCUT2D eigenvalue weighted by Gasteiger charge is 2.07. The first-order valence-corrected chi connectivity index (χ1v) is 12.0. The fourth-order valence-corrected chi connectivity index (χ4v) is 3.89. The van der Waals surface area contributed by atoms with Crippen molar-refractivity contribution in [2.75, 3.05) is 22.7 Å². The minimum absolute atomic E-state index is 0.0329. The van der Waals surface area contributed by atoms with E-state index in [2.05, 4.69) is 25.9 Å². The van der Waals surface area contributed by atoms with E-state index in [1.54, 1.807) is 25.5 Å². The zero-order valence-corrected chi connectivity index (χ0v) is 20.4. The molecule has 0 aliphatic heterocycles. The molecule has 0 unspecified atom stereocenters. The average Bonchev–Trinajstić information content (AvgIpc) is 2.93. The molecule has 0 bridgehead atoms. The van der Waals surface area contributed by atoms with Crippen LogP contribution in [0.3, 0.4) is 0 Å². The number of rotatable bonds is 10. The molecule has 0 aliphatic carbocycles. The first kappa shape index (κ1) is 24.0. The van der Waals surface area contributed by atoms with Crippen LogP contribution in [0.5, 0.6) is 0 Å². The number of ether oxygens (including phenoxy) is 1. The lowest BCUT2D eigenvalue weighted by Crippen LogP contribution is -2.06. The molecule has 7 nitrogen and oxygen atoms in total. The number of Topliss-reactive ketones (excluding diaryl/α,β-unsaturated/α-hetero) is 1. The highest BCUT2D eigenvalue weighted by atomic mass is 16.5. The van der Waals surface area contributed by atoms with Gasteiger partial charge in [0.05, 0.1) is 12.1 Å². The third kappa shape index (κ3) is 6.28. The van der Waals surface area contributed by atoms with Crippen LogP contribution in [0.1, 0.15) is 22.8 Å². The van der Waals surface area contributed by atoms with E-state index < -0.39 is 0 Å². The van der Waals surface area contributed by atoms with E-state index in [9.17, 15) is 4.79 Å². The average molecular weight is 490 g/mol. The number of hydrogen-bond acceptors (Lipinski definition) is 7. The van der Waals surface area contributed by atoms with Crippen LogP contribution < -0.4 is 16.0 Å². The maximum atomic E-state index is 11.8. The van der Waals surface area contributed by atoms with Crippen LogP contribution in [0.2, 0.25) is 0 Å². The smallest absolute Gasteiger partial charge is 0.159 e. The molecule has 0 saturated heterocycles. The Bertz CT molecular complexity index is 1490. The van der Waals surface area contributed by atoms with E-state index in [-0.39, 0.29) is 5.78 Å². The lowest BCUT2D eigenvalue weighted by atomic mass is 10.1. The van der Waals surface area contributed by atoms with E-state index in [0.29, 0.717) is 18.9 Å². The normalized spacial score (nSPS) is 10.7. The van der Waals surface area contributed by atoms with Crippen molar-refractivity contribution in [3.05, 3.63) is 115 Å². The second kappa shape index (κ2) is 11.3. The van der Waals surface area contributed by atoms with Crippen molar-refractivity contribution in [1.29, 1.82) is 0 Å². The van der Waals surface area contributed by atoms with Gasteiger partial charge >= 0.3 is 0 Å². The summed E-state index contributed by atoms with van der Waals surface area (Å²) in [6, 6.07) is 27.5. The number of carbonyl (C=O) groups excluding carboxylic acids is 1. The number of pyridine rings is 2. The highest BCUT2D eigenvalue weighted by molar-refractivity contribution is 6.01. The second-order valence-corrected chi connectivity index (χ2v) is 8.58. The Kier molecular flexibility index (Phi) is 7.34. The van der Waals surface area contributed by atoms with Crippen LogP contribution in [-0.2, 0) is 11.3 Å². The summed E-state index contributed by atoms with van der Waals surface area (Å²) in [5, 5.41) is 11.0. The maximum Gasteiger partial charge on any atom is 0.159 e. The Balaban J connectivity index is 1.12. The van der Waals surface area contributed by atoms with Gasteiger partial charge < -0.3 is 20.7 Å². The van der Waals surface area contributed by atoms with E-state index in [1.807, 2.05) is 84.9 Å². The summed E-state index contributed by atoms with van der Waals surface area (Å²) in [4.78, 5) is 20.2. The molecule has 0 saturated carbocycles. The van der Waals surface area contributed by atoms with Gasteiger partial charge in [-0.3, -0.25) is 14.8 Å². The summed E-state index contributed by atoms with van der Waals surface area (Å²) in [5.74, 6) is 0.0329. The van der Waals surface area contributed by atoms with Crippen LogP contribution >= 0.6 is 0 Å². The van der Waals surface area contributed by atoms with Gasteiger partial charge in [-0.1, -0.05) is 12.1 Å². The Morgan fingerprint density at radius 3 is 2.19 bits per heavy atom. The molecule has 7 heteroatoms. The molecule has 2 aromatic heterocycles. The van der Waals surface area contributed by atoms with Crippen molar-refractivity contribution >= 4 is 45.1 Å². The lowest BCUT2D eigenvalue weighted by molar-refractivity contribution is 0.101. The van der Waals surface area contributed by atoms with Gasteiger partial charge in [-0.2, -0.15) is 0 Å². The minimum atomic E-state index is 0.0329. The largest absolute Gasteiger partial charge is 0.363 e. The van der Waals surface area contributed by atoms with Gasteiger partial charge in [-0.05, 0) is 85.3 Å². The number of ketones is 1. The molecule has 0 spiro atoms. The van der Waals surface area contributed by atoms with Crippen LogP contribution in [0.4, 0.5) is 28.4 Å². The molecule has 5 rings (SSSR count). The molecule has 0 amide bonds. The van der Waals surface area contributed by atoms with Crippen molar-refractivity contribution < 1.29 is 9.53 Å². The summed E-state index contributed by atoms with van der Waals surface area (Å²) in [7, 11) is 0. The quantitative estimate of drug-likeness (QED) is 0.112. The third-order valence-electron chi connectivity index (χ3n) is 5.88. The van der Waals surface area contributed by atoms with Gasteiger partial charge in [-0.15, -0.1) is 0 Å². The Morgan fingerprint density at radius 2 is 1.43 bits per heavy atom. The second-order valence-electron chi connectivity index (χ2n) is 8.58. The zero-order chi connectivity index (χ0) is 25.5. The van der Waals surface area contributed by atoms with Gasteiger partial charge in [0.15, 0.2) is 5.78 Å². The fraction of sp³-hybridized carbons (Fsp3) is 0.100. The Morgan fingerprint density at radius 1 is 0.757 bits per heavy atom. The molecule has 0 aliphatic rings.